The third kappa shape index (κ3) is 2.67. The van der Waals surface area contributed by atoms with Crippen molar-refractivity contribution in [1.82, 2.24) is 4.98 Å². The summed E-state index contributed by atoms with van der Waals surface area (Å²) in [5.74, 6) is -0.262. The molecule has 1 aromatic carbocycles. The van der Waals surface area contributed by atoms with Crippen LogP contribution in [0.5, 0.6) is 0 Å². The average Bonchev–Trinajstić information content (AvgIpc) is 3.10. The van der Waals surface area contributed by atoms with Gasteiger partial charge in [0, 0.05) is 0 Å². The first-order chi connectivity index (χ1) is 10.5. The number of hydrogen-bond acceptors (Lipinski definition) is 5. The van der Waals surface area contributed by atoms with E-state index in [1.165, 1.54) is 29.6 Å². The molecule has 0 radical (unpaired) electrons. The summed E-state index contributed by atoms with van der Waals surface area (Å²) in [6.07, 6.45) is 0. The molecule has 0 aliphatic carbocycles. The molecule has 0 bridgehead atoms. The predicted molar refractivity (Wildman–Crippen MR) is 91.4 cm³/mol. The number of aryl methyl sites for hydroxylation is 2. The van der Waals surface area contributed by atoms with Gasteiger partial charge in [-0.15, -0.1) is 11.3 Å². The van der Waals surface area contributed by atoms with E-state index in [0.717, 1.165) is 21.3 Å². The van der Waals surface area contributed by atoms with E-state index < -0.39 is 0 Å². The zero-order valence-electron chi connectivity index (χ0n) is 12.4. The highest BCUT2D eigenvalue weighted by molar-refractivity contribution is 7.22. The molecule has 0 atom stereocenters. The van der Waals surface area contributed by atoms with E-state index in [1.54, 1.807) is 12.1 Å². The molecule has 0 unspecified atom stereocenters. The maximum absolute atomic E-state index is 12.3. The second-order valence-electron chi connectivity index (χ2n) is 5.07. The first-order valence-corrected chi connectivity index (χ1v) is 8.38. The summed E-state index contributed by atoms with van der Waals surface area (Å²) in [6.45, 7) is 5.53. The second-order valence-corrected chi connectivity index (χ2v) is 7.15. The van der Waals surface area contributed by atoms with E-state index >= 15 is 0 Å². The number of thiazole rings is 1. The first-order valence-electron chi connectivity index (χ1n) is 6.74. The van der Waals surface area contributed by atoms with Gasteiger partial charge in [-0.2, -0.15) is 0 Å². The molecule has 0 spiro atoms. The maximum Gasteiger partial charge on any atom is 0.267 e. The lowest BCUT2D eigenvalue weighted by Gasteiger charge is -1.97. The number of aromatic nitrogens is 1. The lowest BCUT2D eigenvalue weighted by atomic mass is 10.1. The van der Waals surface area contributed by atoms with Crippen molar-refractivity contribution in [3.05, 3.63) is 45.1 Å². The lowest BCUT2D eigenvalue weighted by Crippen LogP contribution is -2.09. The number of anilines is 1. The summed E-state index contributed by atoms with van der Waals surface area (Å²) in [7, 11) is 0. The van der Waals surface area contributed by atoms with Crippen molar-refractivity contribution < 1.29 is 9.59 Å². The molecule has 0 saturated heterocycles. The van der Waals surface area contributed by atoms with Gasteiger partial charge in [-0.1, -0.05) is 23.5 Å². The monoisotopic (exact) mass is 330 g/mol. The van der Waals surface area contributed by atoms with Gasteiger partial charge in [0.25, 0.3) is 5.91 Å². The molecule has 0 aliphatic heterocycles. The van der Waals surface area contributed by atoms with Crippen LogP contribution in [-0.4, -0.2) is 16.7 Å². The number of rotatable bonds is 3. The highest BCUT2D eigenvalue weighted by Gasteiger charge is 2.15. The Labute approximate surface area is 135 Å². The van der Waals surface area contributed by atoms with Crippen LogP contribution >= 0.6 is 22.7 Å². The van der Waals surface area contributed by atoms with Gasteiger partial charge in [0.1, 0.15) is 0 Å². The van der Waals surface area contributed by atoms with Crippen LogP contribution in [-0.2, 0) is 0 Å². The maximum atomic E-state index is 12.3. The van der Waals surface area contributed by atoms with Crippen molar-refractivity contribution >= 4 is 49.7 Å². The number of ketones is 1. The fraction of sp³-hybridized carbons (Fsp3) is 0.188. The topological polar surface area (TPSA) is 59.1 Å². The Kier molecular flexibility index (Phi) is 3.80. The van der Waals surface area contributed by atoms with Crippen molar-refractivity contribution in [1.29, 1.82) is 0 Å². The number of carbonyl (C=O) groups excluding carboxylic acids is 2. The summed E-state index contributed by atoms with van der Waals surface area (Å²) in [5, 5.41) is 3.40. The van der Waals surface area contributed by atoms with Crippen LogP contribution in [0.1, 0.15) is 37.4 Å². The van der Waals surface area contributed by atoms with Gasteiger partial charge >= 0.3 is 0 Å². The number of carbonyl (C=O) groups is 2. The average molecular weight is 330 g/mol. The Bertz CT molecular complexity index is 854. The molecule has 2 aromatic heterocycles. The number of Topliss-reactive ketones (excluding diaryl/α,β-unsaturated/α-hetero) is 1. The van der Waals surface area contributed by atoms with Gasteiger partial charge in [0.15, 0.2) is 10.9 Å². The number of nitrogens with one attached hydrogen (secondary N) is 1. The van der Waals surface area contributed by atoms with Crippen LogP contribution in [0.15, 0.2) is 24.3 Å². The van der Waals surface area contributed by atoms with Gasteiger partial charge < -0.3 is 0 Å². The van der Waals surface area contributed by atoms with Crippen molar-refractivity contribution in [2.45, 2.75) is 20.8 Å². The van der Waals surface area contributed by atoms with Gasteiger partial charge in [-0.05, 0) is 44.0 Å². The smallest absolute Gasteiger partial charge is 0.267 e. The molecular formula is C16H14N2O2S2. The zero-order valence-corrected chi connectivity index (χ0v) is 14.0. The molecule has 0 fully saturated rings. The van der Waals surface area contributed by atoms with Crippen LogP contribution < -0.4 is 5.32 Å². The quantitative estimate of drug-likeness (QED) is 0.723. The van der Waals surface area contributed by atoms with Crippen LogP contribution in [0.2, 0.25) is 0 Å². The normalized spacial score (nSPS) is 10.9. The molecule has 0 saturated carbocycles. The number of amides is 1. The molecule has 3 rings (SSSR count). The minimum absolute atomic E-state index is 0.0321. The molecule has 22 heavy (non-hydrogen) atoms. The third-order valence-corrected chi connectivity index (χ3v) is 5.63. The van der Waals surface area contributed by atoms with E-state index in [2.05, 4.69) is 16.4 Å². The van der Waals surface area contributed by atoms with E-state index in [0.29, 0.717) is 14.9 Å². The summed E-state index contributed by atoms with van der Waals surface area (Å²) < 4.78 is 1.09. The van der Waals surface area contributed by atoms with E-state index in [4.69, 9.17) is 0 Å². The van der Waals surface area contributed by atoms with Crippen molar-refractivity contribution in [2.24, 2.45) is 0 Å². The third-order valence-electron chi connectivity index (χ3n) is 3.34. The highest BCUT2D eigenvalue weighted by atomic mass is 32.1. The Hall–Kier alpha value is -2.05. The van der Waals surface area contributed by atoms with Crippen LogP contribution in [0.4, 0.5) is 5.13 Å². The molecule has 3 aromatic rings. The fourth-order valence-corrected chi connectivity index (χ4v) is 3.92. The summed E-state index contributed by atoms with van der Waals surface area (Å²) in [5.41, 5.74) is 3.16. The molecule has 1 amide bonds. The molecule has 2 heterocycles. The summed E-state index contributed by atoms with van der Waals surface area (Å²) in [6, 6.07) is 7.43. The molecular weight excluding hydrogens is 316 g/mol. The van der Waals surface area contributed by atoms with Crippen molar-refractivity contribution in [3.8, 4) is 0 Å². The van der Waals surface area contributed by atoms with Crippen LogP contribution in [0.3, 0.4) is 0 Å². The van der Waals surface area contributed by atoms with Gasteiger partial charge in [0.2, 0.25) is 0 Å². The predicted octanol–water partition coefficient (Wildman–Crippen LogP) is 4.43. The highest BCUT2D eigenvalue weighted by Crippen LogP contribution is 2.31. The van der Waals surface area contributed by atoms with Gasteiger partial charge in [-0.25, -0.2) is 4.98 Å². The fourth-order valence-electron chi connectivity index (χ4n) is 2.12. The SMILES string of the molecule is CC(=O)c1ccc(C(=O)Nc2nc3c(C)ccc(C)c3s2)s1. The number of fused-ring (bicyclic) bond motifs is 1. The van der Waals surface area contributed by atoms with Crippen LogP contribution in [0, 0.1) is 13.8 Å². The Morgan fingerprint density at radius 1 is 1.00 bits per heavy atom. The van der Waals surface area contributed by atoms with Gasteiger partial charge in [-0.3, -0.25) is 14.9 Å². The molecule has 0 aliphatic rings. The second kappa shape index (κ2) is 5.62. The minimum Gasteiger partial charge on any atom is -0.297 e. The van der Waals surface area contributed by atoms with Crippen molar-refractivity contribution in [3.63, 3.8) is 0 Å². The Morgan fingerprint density at radius 2 is 1.68 bits per heavy atom. The number of thiophene rings is 1. The lowest BCUT2D eigenvalue weighted by molar-refractivity contribution is 0.101. The van der Waals surface area contributed by atoms with Crippen LogP contribution in [0.25, 0.3) is 10.2 Å². The van der Waals surface area contributed by atoms with Gasteiger partial charge in [0.05, 0.1) is 20.0 Å². The summed E-state index contributed by atoms with van der Waals surface area (Å²) >= 11 is 2.67. The standard InChI is InChI=1S/C16H14N2O2S2/c1-8-4-5-9(2)14-13(8)17-16(22-14)18-15(20)12-7-6-11(21-12)10(3)19/h4-7H,1-3H3,(H,17,18,20). The number of nitrogens with zero attached hydrogens (tertiary/aromatic N) is 1. The van der Waals surface area contributed by atoms with E-state index in [9.17, 15) is 9.59 Å². The number of hydrogen-bond donors (Lipinski definition) is 1. The molecule has 4 nitrogen and oxygen atoms in total. The largest absolute Gasteiger partial charge is 0.297 e. The first kappa shape index (κ1) is 14.9. The van der Waals surface area contributed by atoms with Crippen molar-refractivity contribution in [2.75, 3.05) is 5.32 Å². The number of benzene rings is 1. The minimum atomic E-state index is -0.230. The molecule has 112 valence electrons. The zero-order chi connectivity index (χ0) is 15.9. The Morgan fingerprint density at radius 3 is 2.32 bits per heavy atom. The van der Waals surface area contributed by atoms with E-state index in [1.807, 2.05) is 19.9 Å². The van der Waals surface area contributed by atoms with E-state index in [-0.39, 0.29) is 11.7 Å². The molecule has 6 heteroatoms. The Balaban J connectivity index is 1.89. The molecule has 1 N–H and O–H groups in total. The summed E-state index contributed by atoms with van der Waals surface area (Å²) in [4.78, 5) is 29.2.